The number of benzene rings is 1. The van der Waals surface area contributed by atoms with Crippen molar-refractivity contribution in [3.8, 4) is 0 Å². The molecule has 1 fully saturated rings. The van der Waals surface area contributed by atoms with Gasteiger partial charge in [-0.1, -0.05) is 23.7 Å². The van der Waals surface area contributed by atoms with Crippen LogP contribution in [0, 0.1) is 0 Å². The maximum absolute atomic E-state index is 10.7. The Morgan fingerprint density at radius 2 is 2.08 bits per heavy atom. The molecule has 0 amide bonds. The molecule has 0 spiro atoms. The third-order valence-corrected chi connectivity index (χ3v) is 2.50. The van der Waals surface area contributed by atoms with E-state index in [2.05, 4.69) is 0 Å². The number of carbonyl (C=O) groups excluding carboxylic acids is 1. The molecule has 0 aliphatic heterocycles. The summed E-state index contributed by atoms with van der Waals surface area (Å²) in [6, 6.07) is 7.76. The highest BCUT2D eigenvalue weighted by atomic mass is 35.5. The van der Waals surface area contributed by atoms with Gasteiger partial charge in [0.15, 0.2) is 0 Å². The van der Waals surface area contributed by atoms with Crippen LogP contribution in [-0.2, 0) is 4.79 Å². The van der Waals surface area contributed by atoms with Gasteiger partial charge < -0.3 is 0 Å². The molecule has 1 aliphatic carbocycles. The molecule has 2 heteroatoms. The highest BCUT2D eigenvalue weighted by molar-refractivity contribution is 6.30. The van der Waals surface area contributed by atoms with Gasteiger partial charge in [-0.15, -0.1) is 0 Å². The van der Waals surface area contributed by atoms with E-state index in [4.69, 9.17) is 11.6 Å². The second-order valence-electron chi connectivity index (χ2n) is 3.20. The van der Waals surface area contributed by atoms with Crippen molar-refractivity contribution in [1.29, 1.82) is 0 Å². The Bertz CT molecular complexity index is 311. The van der Waals surface area contributed by atoms with Crippen molar-refractivity contribution in [2.24, 2.45) is 0 Å². The van der Waals surface area contributed by atoms with Crippen LogP contribution >= 0.6 is 11.6 Å². The second kappa shape index (κ2) is 2.91. The van der Waals surface area contributed by atoms with Gasteiger partial charge in [-0.05, 0) is 23.6 Å². The molecule has 0 heterocycles. The minimum absolute atomic E-state index is 0.361. The zero-order valence-corrected chi connectivity index (χ0v) is 7.34. The molecule has 0 N–H and O–H groups in total. The van der Waals surface area contributed by atoms with Crippen LogP contribution in [0.4, 0.5) is 0 Å². The molecule has 1 aromatic rings. The average Bonchev–Trinajstić information content (AvgIpc) is 1.99. The van der Waals surface area contributed by atoms with Crippen molar-refractivity contribution in [1.82, 2.24) is 0 Å². The summed E-state index contributed by atoms with van der Waals surface area (Å²) in [5.41, 5.74) is 1.20. The van der Waals surface area contributed by atoms with Gasteiger partial charge in [0.1, 0.15) is 5.78 Å². The topological polar surface area (TPSA) is 17.1 Å². The van der Waals surface area contributed by atoms with E-state index in [0.29, 0.717) is 24.5 Å². The summed E-state index contributed by atoms with van der Waals surface area (Å²) in [6.45, 7) is 0. The summed E-state index contributed by atoms with van der Waals surface area (Å²) in [5, 5.41) is 0.756. The molecule has 12 heavy (non-hydrogen) atoms. The number of hydrogen-bond donors (Lipinski definition) is 0. The minimum atomic E-state index is 0.361. The Labute approximate surface area is 76.4 Å². The van der Waals surface area contributed by atoms with Crippen LogP contribution in [0.25, 0.3) is 0 Å². The lowest BCUT2D eigenvalue weighted by Gasteiger charge is -2.24. The lowest BCUT2D eigenvalue weighted by Crippen LogP contribution is -2.20. The highest BCUT2D eigenvalue weighted by Crippen LogP contribution is 2.34. The van der Waals surface area contributed by atoms with Crippen molar-refractivity contribution in [3.63, 3.8) is 0 Å². The van der Waals surface area contributed by atoms with E-state index >= 15 is 0 Å². The number of halogens is 1. The van der Waals surface area contributed by atoms with Gasteiger partial charge in [0.25, 0.3) is 0 Å². The fourth-order valence-electron chi connectivity index (χ4n) is 1.49. The average molecular weight is 181 g/mol. The predicted octanol–water partition coefficient (Wildman–Crippen LogP) is 2.79. The van der Waals surface area contributed by atoms with Crippen molar-refractivity contribution < 1.29 is 4.79 Å². The van der Waals surface area contributed by atoms with Crippen molar-refractivity contribution in [2.75, 3.05) is 0 Å². The summed E-state index contributed by atoms with van der Waals surface area (Å²) in [4.78, 5) is 10.7. The third-order valence-electron chi connectivity index (χ3n) is 2.27. The third kappa shape index (κ3) is 1.37. The quantitative estimate of drug-likeness (QED) is 0.650. The van der Waals surface area contributed by atoms with E-state index in [9.17, 15) is 4.79 Å². The van der Waals surface area contributed by atoms with E-state index < -0.39 is 0 Å². The van der Waals surface area contributed by atoms with Gasteiger partial charge in [0.05, 0.1) is 0 Å². The van der Waals surface area contributed by atoms with E-state index in [-0.39, 0.29) is 0 Å². The fourth-order valence-corrected chi connectivity index (χ4v) is 1.68. The number of Topliss-reactive ketones (excluding diaryl/α,β-unsaturated/α-hetero) is 1. The first kappa shape index (κ1) is 7.81. The second-order valence-corrected chi connectivity index (χ2v) is 3.64. The number of ketones is 1. The Kier molecular flexibility index (Phi) is 1.89. The smallest absolute Gasteiger partial charge is 0.134 e. The zero-order chi connectivity index (χ0) is 8.55. The lowest BCUT2D eigenvalue weighted by atomic mass is 9.79. The first-order chi connectivity index (χ1) is 5.75. The summed E-state index contributed by atoms with van der Waals surface area (Å²) in [7, 11) is 0. The molecular formula is C10H9ClO. The van der Waals surface area contributed by atoms with Gasteiger partial charge in [-0.2, -0.15) is 0 Å². The SMILES string of the molecule is O=C1CC(c2cccc(Cl)c2)C1. The Morgan fingerprint density at radius 1 is 1.33 bits per heavy atom. The van der Waals surface area contributed by atoms with Crippen molar-refractivity contribution in [3.05, 3.63) is 34.9 Å². The van der Waals surface area contributed by atoms with Crippen molar-refractivity contribution >= 4 is 17.4 Å². The Hall–Kier alpha value is -0.820. The number of carbonyl (C=O) groups is 1. The molecule has 0 atom stereocenters. The van der Waals surface area contributed by atoms with Crippen LogP contribution in [-0.4, -0.2) is 5.78 Å². The minimum Gasteiger partial charge on any atom is -0.300 e. The molecule has 1 aromatic carbocycles. The molecular weight excluding hydrogens is 172 g/mol. The molecule has 62 valence electrons. The maximum atomic E-state index is 10.7. The van der Waals surface area contributed by atoms with Gasteiger partial charge in [0, 0.05) is 17.9 Å². The Balaban J connectivity index is 2.18. The van der Waals surface area contributed by atoms with E-state index in [1.165, 1.54) is 5.56 Å². The molecule has 1 saturated carbocycles. The first-order valence-corrected chi connectivity index (χ1v) is 4.40. The van der Waals surface area contributed by atoms with E-state index in [1.807, 2.05) is 24.3 Å². The number of rotatable bonds is 1. The van der Waals surface area contributed by atoms with E-state index in [0.717, 1.165) is 5.02 Å². The van der Waals surface area contributed by atoms with Crippen molar-refractivity contribution in [2.45, 2.75) is 18.8 Å². The molecule has 1 nitrogen and oxygen atoms in total. The maximum Gasteiger partial charge on any atom is 0.134 e. The summed E-state index contributed by atoms with van der Waals surface area (Å²) < 4.78 is 0. The van der Waals surface area contributed by atoms with Crippen LogP contribution in [0.3, 0.4) is 0 Å². The van der Waals surface area contributed by atoms with Crippen LogP contribution in [0.1, 0.15) is 24.3 Å². The molecule has 0 saturated heterocycles. The lowest BCUT2D eigenvalue weighted by molar-refractivity contribution is -0.124. The predicted molar refractivity (Wildman–Crippen MR) is 48.4 cm³/mol. The zero-order valence-electron chi connectivity index (χ0n) is 6.59. The molecule has 0 unspecified atom stereocenters. The molecule has 2 rings (SSSR count). The summed E-state index contributed by atoms with van der Waals surface area (Å²) in [6.07, 6.45) is 1.39. The normalized spacial score (nSPS) is 17.6. The summed E-state index contributed by atoms with van der Waals surface area (Å²) >= 11 is 5.82. The van der Waals surface area contributed by atoms with Gasteiger partial charge in [0.2, 0.25) is 0 Å². The van der Waals surface area contributed by atoms with Crippen LogP contribution in [0.15, 0.2) is 24.3 Å². The van der Waals surface area contributed by atoms with Crippen LogP contribution in [0.5, 0.6) is 0 Å². The van der Waals surface area contributed by atoms with Gasteiger partial charge in [-0.25, -0.2) is 0 Å². The standard InChI is InChI=1S/C10H9ClO/c11-9-3-1-2-7(4-9)8-5-10(12)6-8/h1-4,8H,5-6H2. The molecule has 0 radical (unpaired) electrons. The first-order valence-electron chi connectivity index (χ1n) is 4.03. The largest absolute Gasteiger partial charge is 0.300 e. The van der Waals surface area contributed by atoms with E-state index in [1.54, 1.807) is 0 Å². The van der Waals surface area contributed by atoms with Crippen LogP contribution in [0.2, 0.25) is 5.02 Å². The van der Waals surface area contributed by atoms with Crippen LogP contribution < -0.4 is 0 Å². The molecule has 1 aliphatic rings. The molecule has 0 aromatic heterocycles. The summed E-state index contributed by atoms with van der Waals surface area (Å²) in [5.74, 6) is 0.788. The fraction of sp³-hybridized carbons (Fsp3) is 0.300. The Morgan fingerprint density at radius 3 is 2.67 bits per heavy atom. The highest BCUT2D eigenvalue weighted by Gasteiger charge is 2.27. The molecule has 0 bridgehead atoms. The number of hydrogen-bond acceptors (Lipinski definition) is 1. The monoisotopic (exact) mass is 180 g/mol. The van der Waals surface area contributed by atoms with Gasteiger partial charge >= 0.3 is 0 Å². The van der Waals surface area contributed by atoms with Gasteiger partial charge in [-0.3, -0.25) is 4.79 Å².